The molecular weight excluding hydrogens is 190 g/mol. The Morgan fingerprint density at radius 2 is 2.20 bits per heavy atom. The van der Waals surface area contributed by atoms with Crippen molar-refractivity contribution < 1.29 is 4.79 Å². The van der Waals surface area contributed by atoms with Gasteiger partial charge in [0.2, 0.25) is 5.95 Å². The molecular formula is C11H15N3O. The third kappa shape index (κ3) is 2.14. The lowest BCUT2D eigenvalue weighted by atomic mass is 10.2. The smallest absolute Gasteiger partial charge is 0.225 e. The summed E-state index contributed by atoms with van der Waals surface area (Å²) in [5.74, 6) is 0.782. The molecule has 2 rings (SSSR count). The molecule has 4 nitrogen and oxygen atoms in total. The Bertz CT molecular complexity index is 359. The Labute approximate surface area is 89.3 Å². The van der Waals surface area contributed by atoms with E-state index in [9.17, 15) is 4.79 Å². The van der Waals surface area contributed by atoms with Crippen LogP contribution >= 0.6 is 0 Å². The molecule has 0 bridgehead atoms. The summed E-state index contributed by atoms with van der Waals surface area (Å²) in [5.41, 5.74) is 0.536. The Hall–Kier alpha value is -1.45. The zero-order valence-corrected chi connectivity index (χ0v) is 8.94. The molecule has 0 radical (unpaired) electrons. The summed E-state index contributed by atoms with van der Waals surface area (Å²) >= 11 is 0. The predicted molar refractivity (Wildman–Crippen MR) is 58.1 cm³/mol. The van der Waals surface area contributed by atoms with Gasteiger partial charge in [0, 0.05) is 25.7 Å². The van der Waals surface area contributed by atoms with Gasteiger partial charge in [-0.1, -0.05) is 6.92 Å². The number of anilines is 1. The maximum Gasteiger partial charge on any atom is 0.225 e. The molecule has 0 aromatic carbocycles. The van der Waals surface area contributed by atoms with Gasteiger partial charge in [-0.15, -0.1) is 0 Å². The van der Waals surface area contributed by atoms with Gasteiger partial charge in [0.05, 0.1) is 0 Å². The highest BCUT2D eigenvalue weighted by molar-refractivity contribution is 5.94. The Morgan fingerprint density at radius 1 is 1.47 bits per heavy atom. The largest absolute Gasteiger partial charge is 0.341 e. The van der Waals surface area contributed by atoms with Crippen LogP contribution in [0.5, 0.6) is 0 Å². The van der Waals surface area contributed by atoms with Crippen molar-refractivity contribution in [3.05, 3.63) is 18.0 Å². The number of nitrogens with zero attached hydrogens (tertiary/aromatic N) is 3. The third-order valence-corrected chi connectivity index (χ3v) is 2.64. The fourth-order valence-electron chi connectivity index (χ4n) is 1.75. The number of Topliss-reactive ketones (excluding diaryl/α,β-unsaturated/α-hetero) is 1. The molecule has 1 aromatic heterocycles. The minimum absolute atomic E-state index is 0.0813. The molecule has 0 unspecified atom stereocenters. The molecule has 1 fully saturated rings. The van der Waals surface area contributed by atoms with Crippen LogP contribution in [0.25, 0.3) is 0 Å². The maximum atomic E-state index is 11.5. The first-order valence-electron chi connectivity index (χ1n) is 5.42. The van der Waals surface area contributed by atoms with Crippen LogP contribution in [0.2, 0.25) is 0 Å². The molecule has 1 aromatic rings. The number of hydrogen-bond acceptors (Lipinski definition) is 4. The molecule has 1 saturated heterocycles. The van der Waals surface area contributed by atoms with Crippen molar-refractivity contribution in [3.63, 3.8) is 0 Å². The van der Waals surface area contributed by atoms with Crippen LogP contribution in [0.4, 0.5) is 5.95 Å². The summed E-state index contributed by atoms with van der Waals surface area (Å²) in [6.45, 7) is 3.85. The van der Waals surface area contributed by atoms with Crippen molar-refractivity contribution in [2.45, 2.75) is 26.2 Å². The molecule has 0 amide bonds. The van der Waals surface area contributed by atoms with E-state index in [1.165, 1.54) is 12.8 Å². The first kappa shape index (κ1) is 10.1. The summed E-state index contributed by atoms with van der Waals surface area (Å²) < 4.78 is 0. The van der Waals surface area contributed by atoms with Crippen molar-refractivity contribution in [1.29, 1.82) is 0 Å². The minimum atomic E-state index is 0.0813. The molecule has 0 atom stereocenters. The number of carbonyl (C=O) groups is 1. The van der Waals surface area contributed by atoms with E-state index in [0.717, 1.165) is 13.1 Å². The molecule has 15 heavy (non-hydrogen) atoms. The minimum Gasteiger partial charge on any atom is -0.341 e. The van der Waals surface area contributed by atoms with E-state index in [1.54, 1.807) is 12.3 Å². The zero-order chi connectivity index (χ0) is 10.7. The van der Waals surface area contributed by atoms with E-state index in [4.69, 9.17) is 0 Å². The highest BCUT2D eigenvalue weighted by Gasteiger charge is 2.16. The van der Waals surface area contributed by atoms with E-state index in [1.807, 2.05) is 6.92 Å². The molecule has 2 heterocycles. The number of hydrogen-bond donors (Lipinski definition) is 0. The molecule has 4 heteroatoms. The lowest BCUT2D eigenvalue weighted by molar-refractivity contribution is 0.0983. The second kappa shape index (κ2) is 4.38. The average molecular weight is 205 g/mol. The lowest BCUT2D eigenvalue weighted by Crippen LogP contribution is -2.21. The fraction of sp³-hybridized carbons (Fsp3) is 0.545. The van der Waals surface area contributed by atoms with Gasteiger partial charge in [0.1, 0.15) is 5.69 Å². The summed E-state index contributed by atoms with van der Waals surface area (Å²) in [6.07, 6.45) is 4.55. The number of ketones is 1. The topological polar surface area (TPSA) is 46.1 Å². The van der Waals surface area contributed by atoms with E-state index < -0.39 is 0 Å². The first-order valence-corrected chi connectivity index (χ1v) is 5.42. The van der Waals surface area contributed by atoms with Gasteiger partial charge >= 0.3 is 0 Å². The molecule has 0 spiro atoms. The monoisotopic (exact) mass is 205 g/mol. The van der Waals surface area contributed by atoms with Crippen molar-refractivity contribution in [2.75, 3.05) is 18.0 Å². The van der Waals surface area contributed by atoms with Gasteiger partial charge in [0.25, 0.3) is 0 Å². The van der Waals surface area contributed by atoms with E-state index >= 15 is 0 Å². The summed E-state index contributed by atoms with van der Waals surface area (Å²) in [6, 6.07) is 1.69. The average Bonchev–Trinajstić information content (AvgIpc) is 2.82. The van der Waals surface area contributed by atoms with Gasteiger partial charge in [-0.05, 0) is 18.9 Å². The fourth-order valence-corrected chi connectivity index (χ4v) is 1.75. The predicted octanol–water partition coefficient (Wildman–Crippen LogP) is 1.67. The quantitative estimate of drug-likeness (QED) is 0.704. The van der Waals surface area contributed by atoms with Gasteiger partial charge in [-0.25, -0.2) is 9.97 Å². The summed E-state index contributed by atoms with van der Waals surface area (Å²) in [5, 5.41) is 0. The Kier molecular flexibility index (Phi) is 2.94. The van der Waals surface area contributed by atoms with Crippen molar-refractivity contribution in [3.8, 4) is 0 Å². The second-order valence-corrected chi connectivity index (χ2v) is 3.71. The van der Waals surface area contributed by atoms with E-state index in [-0.39, 0.29) is 5.78 Å². The normalized spacial score (nSPS) is 15.7. The first-order chi connectivity index (χ1) is 7.31. The summed E-state index contributed by atoms with van der Waals surface area (Å²) in [4.78, 5) is 22.1. The molecule has 0 saturated carbocycles. The van der Waals surface area contributed by atoms with Crippen molar-refractivity contribution >= 4 is 11.7 Å². The number of carbonyl (C=O) groups excluding carboxylic acids is 1. The number of aromatic nitrogens is 2. The SMILES string of the molecule is CCC(=O)c1ccnc(N2CCCC2)n1. The van der Waals surface area contributed by atoms with Gasteiger partial charge in [-0.2, -0.15) is 0 Å². The summed E-state index contributed by atoms with van der Waals surface area (Å²) in [7, 11) is 0. The second-order valence-electron chi connectivity index (χ2n) is 3.71. The van der Waals surface area contributed by atoms with Crippen LogP contribution in [0.1, 0.15) is 36.7 Å². The van der Waals surface area contributed by atoms with Crippen LogP contribution in [-0.2, 0) is 0 Å². The molecule has 1 aliphatic heterocycles. The van der Waals surface area contributed by atoms with Crippen LogP contribution < -0.4 is 4.90 Å². The highest BCUT2D eigenvalue weighted by Crippen LogP contribution is 2.15. The van der Waals surface area contributed by atoms with Crippen LogP contribution in [-0.4, -0.2) is 28.8 Å². The van der Waals surface area contributed by atoms with Gasteiger partial charge in [0.15, 0.2) is 5.78 Å². The van der Waals surface area contributed by atoms with E-state index in [2.05, 4.69) is 14.9 Å². The molecule has 1 aliphatic rings. The lowest BCUT2D eigenvalue weighted by Gasteiger charge is -2.14. The van der Waals surface area contributed by atoms with Crippen LogP contribution in [0.15, 0.2) is 12.3 Å². The third-order valence-electron chi connectivity index (χ3n) is 2.64. The Balaban J connectivity index is 2.21. The van der Waals surface area contributed by atoms with Crippen LogP contribution in [0, 0.1) is 0 Å². The zero-order valence-electron chi connectivity index (χ0n) is 8.94. The molecule has 0 N–H and O–H groups in total. The van der Waals surface area contributed by atoms with Crippen molar-refractivity contribution in [1.82, 2.24) is 9.97 Å². The highest BCUT2D eigenvalue weighted by atomic mass is 16.1. The van der Waals surface area contributed by atoms with E-state index in [0.29, 0.717) is 18.1 Å². The van der Waals surface area contributed by atoms with Crippen molar-refractivity contribution in [2.24, 2.45) is 0 Å². The molecule has 0 aliphatic carbocycles. The molecule has 80 valence electrons. The van der Waals surface area contributed by atoms with Gasteiger partial charge in [-0.3, -0.25) is 4.79 Å². The van der Waals surface area contributed by atoms with Gasteiger partial charge < -0.3 is 4.90 Å². The number of rotatable bonds is 3. The Morgan fingerprint density at radius 3 is 2.87 bits per heavy atom. The van der Waals surface area contributed by atoms with Crippen LogP contribution in [0.3, 0.4) is 0 Å². The standard InChI is InChI=1S/C11H15N3O/c1-2-10(15)9-5-6-12-11(13-9)14-7-3-4-8-14/h5-6H,2-4,7-8H2,1H3. The maximum absolute atomic E-state index is 11.5.